The van der Waals surface area contributed by atoms with E-state index < -0.39 is 6.36 Å². The molecule has 0 unspecified atom stereocenters. The third kappa shape index (κ3) is 3.57. The first-order chi connectivity index (χ1) is 8.85. The van der Waals surface area contributed by atoms with Crippen molar-refractivity contribution in [3.05, 3.63) is 52.8 Å². The molecule has 2 nitrogen and oxygen atoms in total. The van der Waals surface area contributed by atoms with E-state index in [-0.39, 0.29) is 5.75 Å². The van der Waals surface area contributed by atoms with E-state index in [1.807, 2.05) is 19.2 Å². The van der Waals surface area contributed by atoms with Gasteiger partial charge in [0, 0.05) is 11.9 Å². The van der Waals surface area contributed by atoms with Crippen molar-refractivity contribution in [3.63, 3.8) is 0 Å². The standard InChI is InChI=1S/C13H10F3NOS/c1-9-2-7-12(19)17(8-9)10-3-5-11(6-4-10)18-13(14,15)16/h2-8H,1H3. The Balaban J connectivity index is 2.33. The van der Waals surface area contributed by atoms with Gasteiger partial charge in [0.05, 0.1) is 0 Å². The highest BCUT2D eigenvalue weighted by Gasteiger charge is 2.30. The fraction of sp³-hybridized carbons (Fsp3) is 0.154. The van der Waals surface area contributed by atoms with Crippen molar-refractivity contribution in [3.8, 4) is 11.4 Å². The molecule has 0 atom stereocenters. The number of aryl methyl sites for hydroxylation is 1. The number of aromatic nitrogens is 1. The number of nitrogens with zero attached hydrogens (tertiary/aromatic N) is 1. The Morgan fingerprint density at radius 1 is 1.05 bits per heavy atom. The lowest BCUT2D eigenvalue weighted by Crippen LogP contribution is -2.17. The van der Waals surface area contributed by atoms with E-state index in [1.165, 1.54) is 24.3 Å². The van der Waals surface area contributed by atoms with Gasteiger partial charge in [-0.25, -0.2) is 0 Å². The first kappa shape index (κ1) is 13.6. The molecule has 0 fully saturated rings. The molecule has 0 amide bonds. The van der Waals surface area contributed by atoms with E-state index in [2.05, 4.69) is 4.74 Å². The van der Waals surface area contributed by atoms with E-state index in [0.29, 0.717) is 10.3 Å². The molecule has 0 aliphatic rings. The number of pyridine rings is 1. The number of hydrogen-bond donors (Lipinski definition) is 0. The summed E-state index contributed by atoms with van der Waals surface area (Å²) in [6.45, 7) is 1.91. The normalized spacial score (nSPS) is 11.4. The SMILES string of the molecule is Cc1ccc(=S)n(-c2ccc(OC(F)(F)F)cc2)c1. The predicted molar refractivity (Wildman–Crippen MR) is 68.0 cm³/mol. The van der Waals surface area contributed by atoms with Gasteiger partial charge < -0.3 is 9.30 Å². The van der Waals surface area contributed by atoms with Crippen molar-refractivity contribution in [2.75, 3.05) is 0 Å². The van der Waals surface area contributed by atoms with Crippen molar-refractivity contribution in [2.24, 2.45) is 0 Å². The highest BCUT2D eigenvalue weighted by molar-refractivity contribution is 7.71. The number of alkyl halides is 3. The molecule has 0 saturated heterocycles. The van der Waals surface area contributed by atoms with Crippen LogP contribution in [0.4, 0.5) is 13.2 Å². The third-order valence-corrected chi connectivity index (χ3v) is 2.74. The van der Waals surface area contributed by atoms with Crippen LogP contribution in [-0.4, -0.2) is 10.9 Å². The number of rotatable bonds is 2. The topological polar surface area (TPSA) is 14.2 Å². The molecular formula is C13H10F3NOS. The second-order valence-corrected chi connectivity index (χ2v) is 4.37. The fourth-order valence-corrected chi connectivity index (χ4v) is 1.83. The van der Waals surface area contributed by atoms with Crippen LogP contribution in [0.3, 0.4) is 0 Å². The molecular weight excluding hydrogens is 275 g/mol. The minimum Gasteiger partial charge on any atom is -0.406 e. The zero-order valence-corrected chi connectivity index (χ0v) is 10.8. The molecule has 1 heterocycles. The molecule has 0 radical (unpaired) electrons. The third-order valence-electron chi connectivity index (χ3n) is 2.41. The average molecular weight is 285 g/mol. The predicted octanol–water partition coefficient (Wildman–Crippen LogP) is 4.41. The van der Waals surface area contributed by atoms with Crippen LogP contribution < -0.4 is 4.74 Å². The molecule has 1 aromatic heterocycles. The summed E-state index contributed by atoms with van der Waals surface area (Å²) >= 11 is 5.17. The van der Waals surface area contributed by atoms with Gasteiger partial charge >= 0.3 is 6.36 Å². The number of benzene rings is 1. The fourth-order valence-electron chi connectivity index (χ4n) is 1.60. The summed E-state index contributed by atoms with van der Waals surface area (Å²) in [5, 5.41) is 0. The molecule has 100 valence electrons. The van der Waals surface area contributed by atoms with Gasteiger partial charge in [0.25, 0.3) is 0 Å². The maximum atomic E-state index is 12.0. The molecule has 1 aromatic carbocycles. The highest BCUT2D eigenvalue weighted by Crippen LogP contribution is 2.23. The van der Waals surface area contributed by atoms with Crippen molar-refractivity contribution < 1.29 is 17.9 Å². The lowest BCUT2D eigenvalue weighted by Gasteiger charge is -2.11. The van der Waals surface area contributed by atoms with Crippen molar-refractivity contribution in [1.82, 2.24) is 4.57 Å². The Labute approximate surface area is 113 Å². The van der Waals surface area contributed by atoms with Crippen LogP contribution in [-0.2, 0) is 0 Å². The van der Waals surface area contributed by atoms with Gasteiger partial charge in [-0.05, 0) is 42.8 Å². The Bertz CT molecular complexity index is 632. The van der Waals surface area contributed by atoms with Crippen LogP contribution >= 0.6 is 12.2 Å². The van der Waals surface area contributed by atoms with Gasteiger partial charge in [0.1, 0.15) is 10.4 Å². The molecule has 0 spiro atoms. The number of hydrogen-bond acceptors (Lipinski definition) is 2. The Kier molecular flexibility index (Phi) is 3.61. The molecule has 6 heteroatoms. The lowest BCUT2D eigenvalue weighted by molar-refractivity contribution is -0.274. The van der Waals surface area contributed by atoms with Crippen LogP contribution in [0.5, 0.6) is 5.75 Å². The van der Waals surface area contributed by atoms with E-state index in [1.54, 1.807) is 10.6 Å². The van der Waals surface area contributed by atoms with E-state index >= 15 is 0 Å². The Morgan fingerprint density at radius 2 is 1.68 bits per heavy atom. The van der Waals surface area contributed by atoms with Crippen LogP contribution in [0.25, 0.3) is 5.69 Å². The van der Waals surface area contributed by atoms with E-state index in [4.69, 9.17) is 12.2 Å². The Hall–Kier alpha value is -1.82. The van der Waals surface area contributed by atoms with Crippen molar-refractivity contribution in [1.29, 1.82) is 0 Å². The van der Waals surface area contributed by atoms with Crippen LogP contribution in [0.2, 0.25) is 0 Å². The average Bonchev–Trinajstić information content (AvgIpc) is 2.31. The molecule has 0 N–H and O–H groups in total. The largest absolute Gasteiger partial charge is 0.573 e. The monoisotopic (exact) mass is 285 g/mol. The van der Waals surface area contributed by atoms with Gasteiger partial charge in [0.15, 0.2) is 0 Å². The number of halogens is 3. The molecule has 19 heavy (non-hydrogen) atoms. The first-order valence-electron chi connectivity index (χ1n) is 5.41. The smallest absolute Gasteiger partial charge is 0.406 e. The van der Waals surface area contributed by atoms with Gasteiger partial charge in [-0.3, -0.25) is 0 Å². The first-order valence-corrected chi connectivity index (χ1v) is 5.81. The quantitative estimate of drug-likeness (QED) is 0.759. The summed E-state index contributed by atoms with van der Waals surface area (Å²) in [6, 6.07) is 9.21. The zero-order chi connectivity index (χ0) is 14.0. The Morgan fingerprint density at radius 3 is 2.26 bits per heavy atom. The molecule has 0 bridgehead atoms. The summed E-state index contributed by atoms with van der Waals surface area (Å²) < 4.78 is 42.2. The van der Waals surface area contributed by atoms with E-state index in [9.17, 15) is 13.2 Å². The second-order valence-electron chi connectivity index (χ2n) is 3.96. The minimum atomic E-state index is -4.68. The summed E-state index contributed by atoms with van der Waals surface area (Å²) in [6.07, 6.45) is -2.86. The summed E-state index contributed by atoms with van der Waals surface area (Å²) in [5.74, 6) is -0.254. The summed E-state index contributed by atoms with van der Waals surface area (Å²) in [5.41, 5.74) is 1.69. The minimum absolute atomic E-state index is 0.254. The van der Waals surface area contributed by atoms with Crippen LogP contribution in [0.1, 0.15) is 5.56 Å². The molecule has 0 aliphatic carbocycles. The molecule has 2 aromatic rings. The maximum absolute atomic E-state index is 12.0. The molecule has 0 saturated carbocycles. The highest BCUT2D eigenvalue weighted by atomic mass is 32.1. The van der Waals surface area contributed by atoms with Crippen molar-refractivity contribution in [2.45, 2.75) is 13.3 Å². The van der Waals surface area contributed by atoms with Crippen LogP contribution in [0.15, 0.2) is 42.6 Å². The maximum Gasteiger partial charge on any atom is 0.573 e. The van der Waals surface area contributed by atoms with Gasteiger partial charge in [-0.2, -0.15) is 0 Å². The van der Waals surface area contributed by atoms with Gasteiger partial charge in [0.2, 0.25) is 0 Å². The molecule has 2 rings (SSSR count). The van der Waals surface area contributed by atoms with Crippen molar-refractivity contribution >= 4 is 12.2 Å². The zero-order valence-electron chi connectivity index (χ0n) is 9.94. The summed E-state index contributed by atoms with van der Waals surface area (Å²) in [4.78, 5) is 0. The van der Waals surface area contributed by atoms with Gasteiger partial charge in [-0.1, -0.05) is 18.3 Å². The second kappa shape index (κ2) is 5.05. The van der Waals surface area contributed by atoms with E-state index in [0.717, 1.165) is 5.56 Å². The van der Waals surface area contributed by atoms with Gasteiger partial charge in [-0.15, -0.1) is 13.2 Å². The summed E-state index contributed by atoms with van der Waals surface area (Å²) in [7, 11) is 0. The van der Waals surface area contributed by atoms with Crippen LogP contribution in [0, 0.1) is 11.6 Å². The lowest BCUT2D eigenvalue weighted by atomic mass is 10.2. The molecule has 0 aliphatic heterocycles. The number of ether oxygens (including phenoxy) is 1.